The number of rotatable bonds is 6. The molecule has 0 aliphatic heterocycles. The second-order valence-corrected chi connectivity index (χ2v) is 7.36. The Bertz CT molecular complexity index is 606. The van der Waals surface area contributed by atoms with Crippen LogP contribution in [0.4, 0.5) is 5.69 Å². The van der Waals surface area contributed by atoms with Crippen molar-refractivity contribution in [2.75, 3.05) is 18.4 Å². The minimum atomic E-state index is -3.44. The third-order valence-corrected chi connectivity index (χ3v) is 5.98. The van der Waals surface area contributed by atoms with Crippen LogP contribution in [-0.4, -0.2) is 31.7 Å². The van der Waals surface area contributed by atoms with E-state index in [9.17, 15) is 13.2 Å². The second kappa shape index (κ2) is 6.15. The minimum Gasteiger partial charge on any atom is -0.326 e. The first-order valence-electron chi connectivity index (χ1n) is 7.31. The van der Waals surface area contributed by atoms with Gasteiger partial charge in [-0.05, 0) is 36.6 Å². The van der Waals surface area contributed by atoms with E-state index >= 15 is 0 Å². The lowest BCUT2D eigenvalue weighted by molar-refractivity contribution is -0.117. The van der Waals surface area contributed by atoms with Gasteiger partial charge in [0.05, 0.1) is 4.90 Å². The molecular weight excluding hydrogens is 288 g/mol. The Labute approximate surface area is 126 Å². The second-order valence-electron chi connectivity index (χ2n) is 5.42. The van der Waals surface area contributed by atoms with Gasteiger partial charge in [0.1, 0.15) is 0 Å². The van der Waals surface area contributed by atoms with E-state index in [2.05, 4.69) is 5.32 Å². The lowest BCUT2D eigenvalue weighted by Crippen LogP contribution is -2.30. The van der Waals surface area contributed by atoms with Crippen molar-refractivity contribution >= 4 is 21.6 Å². The van der Waals surface area contributed by atoms with Crippen LogP contribution in [0.3, 0.4) is 0 Å². The van der Waals surface area contributed by atoms with Crippen LogP contribution in [0.5, 0.6) is 0 Å². The van der Waals surface area contributed by atoms with Gasteiger partial charge in [-0.15, -0.1) is 0 Å². The molecule has 1 N–H and O–H groups in total. The molecule has 0 radical (unpaired) electrons. The van der Waals surface area contributed by atoms with Gasteiger partial charge in [0.15, 0.2) is 0 Å². The topological polar surface area (TPSA) is 66.5 Å². The summed E-state index contributed by atoms with van der Waals surface area (Å²) >= 11 is 0. The predicted molar refractivity (Wildman–Crippen MR) is 82.4 cm³/mol. The molecule has 0 aromatic heterocycles. The van der Waals surface area contributed by atoms with Crippen LogP contribution in [0.2, 0.25) is 0 Å². The number of carbonyl (C=O) groups is 1. The largest absolute Gasteiger partial charge is 0.326 e. The average molecular weight is 310 g/mol. The fourth-order valence-electron chi connectivity index (χ4n) is 2.35. The Balaban J connectivity index is 2.10. The van der Waals surface area contributed by atoms with Crippen molar-refractivity contribution in [1.82, 2.24) is 4.31 Å². The molecule has 1 aromatic carbocycles. The lowest BCUT2D eigenvalue weighted by Gasteiger charge is -2.18. The van der Waals surface area contributed by atoms with E-state index in [1.807, 2.05) is 20.8 Å². The Morgan fingerprint density at radius 2 is 1.76 bits per heavy atom. The van der Waals surface area contributed by atoms with Crippen LogP contribution in [0.15, 0.2) is 29.2 Å². The van der Waals surface area contributed by atoms with Gasteiger partial charge in [-0.2, -0.15) is 4.31 Å². The summed E-state index contributed by atoms with van der Waals surface area (Å²) in [5, 5.41) is 2.82. The summed E-state index contributed by atoms with van der Waals surface area (Å²) in [6.45, 7) is 6.55. The zero-order chi connectivity index (χ0) is 15.6. The van der Waals surface area contributed by atoms with Crippen molar-refractivity contribution in [2.24, 2.45) is 11.8 Å². The molecule has 1 aliphatic carbocycles. The first-order valence-corrected chi connectivity index (χ1v) is 8.75. The summed E-state index contributed by atoms with van der Waals surface area (Å²) < 4.78 is 26.1. The maximum absolute atomic E-state index is 12.3. The van der Waals surface area contributed by atoms with Gasteiger partial charge >= 0.3 is 0 Å². The molecule has 116 valence electrons. The molecule has 2 atom stereocenters. The molecule has 2 rings (SSSR count). The summed E-state index contributed by atoms with van der Waals surface area (Å²) in [4.78, 5) is 12.1. The first kappa shape index (κ1) is 16.0. The highest BCUT2D eigenvalue weighted by Crippen LogP contribution is 2.38. The van der Waals surface area contributed by atoms with Gasteiger partial charge in [-0.3, -0.25) is 4.79 Å². The number of nitrogens with zero attached hydrogens (tertiary/aromatic N) is 1. The number of anilines is 1. The highest BCUT2D eigenvalue weighted by Gasteiger charge is 2.39. The minimum absolute atomic E-state index is 0.0156. The van der Waals surface area contributed by atoms with Gasteiger partial charge in [0.25, 0.3) is 0 Å². The van der Waals surface area contributed by atoms with Crippen molar-refractivity contribution in [2.45, 2.75) is 32.1 Å². The first-order chi connectivity index (χ1) is 9.90. The van der Waals surface area contributed by atoms with Crippen LogP contribution in [-0.2, 0) is 14.8 Å². The van der Waals surface area contributed by atoms with E-state index in [4.69, 9.17) is 0 Å². The molecule has 0 spiro atoms. The van der Waals surface area contributed by atoms with Crippen LogP contribution in [0.25, 0.3) is 0 Å². The van der Waals surface area contributed by atoms with Crippen LogP contribution < -0.4 is 5.32 Å². The standard InChI is InChI=1S/C15H22N2O3S/c1-4-17(5-2)21(19,20)13-8-6-12(7-9-13)16-15(18)14-10-11(14)3/h6-9,11,14H,4-5,10H2,1-3H3,(H,16,18)/t11-,14+/m0/s1. The van der Waals surface area contributed by atoms with Crippen molar-refractivity contribution in [3.8, 4) is 0 Å². The summed E-state index contributed by atoms with van der Waals surface area (Å²) in [6.07, 6.45) is 0.931. The maximum atomic E-state index is 12.3. The molecule has 1 aromatic rings. The summed E-state index contributed by atoms with van der Waals surface area (Å²) in [6, 6.07) is 6.36. The molecule has 1 saturated carbocycles. The maximum Gasteiger partial charge on any atom is 0.243 e. The van der Waals surface area contributed by atoms with E-state index in [0.29, 0.717) is 24.7 Å². The van der Waals surface area contributed by atoms with Gasteiger partial charge < -0.3 is 5.32 Å². The highest BCUT2D eigenvalue weighted by molar-refractivity contribution is 7.89. The zero-order valence-corrected chi connectivity index (χ0v) is 13.5. The molecule has 1 fully saturated rings. The van der Waals surface area contributed by atoms with E-state index in [1.54, 1.807) is 24.3 Å². The molecule has 0 bridgehead atoms. The fourth-order valence-corrected chi connectivity index (χ4v) is 3.80. The Hall–Kier alpha value is -1.40. The number of nitrogens with one attached hydrogen (secondary N) is 1. The molecule has 0 heterocycles. The van der Waals surface area contributed by atoms with Gasteiger partial charge in [-0.25, -0.2) is 8.42 Å². The molecule has 5 nitrogen and oxygen atoms in total. The van der Waals surface area contributed by atoms with E-state index in [-0.39, 0.29) is 16.7 Å². The average Bonchev–Trinajstić information content (AvgIpc) is 3.18. The Morgan fingerprint density at radius 1 is 1.24 bits per heavy atom. The van der Waals surface area contributed by atoms with E-state index in [0.717, 1.165) is 6.42 Å². The Morgan fingerprint density at radius 3 is 2.19 bits per heavy atom. The van der Waals surface area contributed by atoms with Crippen molar-refractivity contribution < 1.29 is 13.2 Å². The van der Waals surface area contributed by atoms with Crippen molar-refractivity contribution in [1.29, 1.82) is 0 Å². The summed E-state index contributed by atoms with van der Waals surface area (Å²) in [5.41, 5.74) is 0.637. The third kappa shape index (κ3) is 3.44. The number of carbonyl (C=O) groups excluding carboxylic acids is 1. The van der Waals surface area contributed by atoms with Gasteiger partial charge in [-0.1, -0.05) is 20.8 Å². The van der Waals surface area contributed by atoms with Gasteiger partial charge in [0.2, 0.25) is 15.9 Å². The number of sulfonamides is 1. The number of amides is 1. The summed E-state index contributed by atoms with van der Waals surface area (Å²) in [5.74, 6) is 0.568. The predicted octanol–water partition coefficient (Wildman–Crippen LogP) is 2.31. The van der Waals surface area contributed by atoms with Crippen LogP contribution in [0.1, 0.15) is 27.2 Å². The Kier molecular flexibility index (Phi) is 4.68. The molecule has 0 unspecified atom stereocenters. The van der Waals surface area contributed by atoms with Crippen LogP contribution >= 0.6 is 0 Å². The monoisotopic (exact) mass is 310 g/mol. The normalized spacial score (nSPS) is 21.3. The molecule has 1 aliphatic rings. The molecular formula is C15H22N2O3S. The molecule has 1 amide bonds. The molecule has 0 saturated heterocycles. The molecule has 6 heteroatoms. The summed E-state index contributed by atoms with van der Waals surface area (Å²) in [7, 11) is -3.44. The van der Waals surface area contributed by atoms with Gasteiger partial charge in [0, 0.05) is 24.7 Å². The van der Waals surface area contributed by atoms with Crippen molar-refractivity contribution in [3.63, 3.8) is 0 Å². The smallest absolute Gasteiger partial charge is 0.243 e. The lowest BCUT2D eigenvalue weighted by atomic mass is 10.3. The quantitative estimate of drug-likeness (QED) is 0.877. The van der Waals surface area contributed by atoms with Crippen LogP contribution in [0, 0.1) is 11.8 Å². The number of hydrogen-bond acceptors (Lipinski definition) is 3. The SMILES string of the molecule is CCN(CC)S(=O)(=O)c1ccc(NC(=O)[C@@H]2C[C@@H]2C)cc1. The zero-order valence-electron chi connectivity index (χ0n) is 12.7. The third-order valence-electron chi connectivity index (χ3n) is 3.91. The van der Waals surface area contributed by atoms with E-state index in [1.165, 1.54) is 4.31 Å². The number of benzene rings is 1. The fraction of sp³-hybridized carbons (Fsp3) is 0.533. The molecule has 21 heavy (non-hydrogen) atoms. The van der Waals surface area contributed by atoms with Crippen molar-refractivity contribution in [3.05, 3.63) is 24.3 Å². The van der Waals surface area contributed by atoms with E-state index < -0.39 is 10.0 Å². The number of hydrogen-bond donors (Lipinski definition) is 1. The highest BCUT2D eigenvalue weighted by atomic mass is 32.2.